The van der Waals surface area contributed by atoms with Crippen LogP contribution in [0.25, 0.3) is 0 Å². The molecule has 13 heavy (non-hydrogen) atoms. The zero-order chi connectivity index (χ0) is 10.2. The van der Waals surface area contributed by atoms with Gasteiger partial charge in [0.05, 0.1) is 0 Å². The van der Waals surface area contributed by atoms with Crippen molar-refractivity contribution in [2.24, 2.45) is 5.73 Å². The molecule has 1 aromatic rings. The van der Waals surface area contributed by atoms with Crippen molar-refractivity contribution in [1.29, 1.82) is 0 Å². The van der Waals surface area contributed by atoms with E-state index in [4.69, 9.17) is 5.73 Å². The molecule has 72 valence electrons. The first-order valence-corrected chi connectivity index (χ1v) is 5.18. The molecule has 0 bridgehead atoms. The maximum atomic E-state index is 6.07. The summed E-state index contributed by atoms with van der Waals surface area (Å²) in [5, 5.41) is 0. The van der Waals surface area contributed by atoms with Gasteiger partial charge in [0.15, 0.2) is 0 Å². The summed E-state index contributed by atoms with van der Waals surface area (Å²) >= 11 is 3.57. The zero-order valence-corrected chi connectivity index (χ0v) is 10.2. The molecule has 1 rings (SSSR count). The molecule has 0 radical (unpaired) electrons. The lowest BCUT2D eigenvalue weighted by Crippen LogP contribution is -2.29. The Hall–Kier alpha value is -0.340. The Kier molecular flexibility index (Phi) is 2.83. The van der Waals surface area contributed by atoms with Gasteiger partial charge in [0.2, 0.25) is 0 Å². The van der Waals surface area contributed by atoms with Crippen molar-refractivity contribution < 1.29 is 0 Å². The first-order chi connectivity index (χ1) is 5.82. The van der Waals surface area contributed by atoms with Crippen molar-refractivity contribution in [3.63, 3.8) is 0 Å². The third-order valence-electron chi connectivity index (χ3n) is 2.09. The van der Waals surface area contributed by atoms with Crippen LogP contribution in [0.1, 0.15) is 30.5 Å². The first kappa shape index (κ1) is 10.7. The van der Waals surface area contributed by atoms with Gasteiger partial charge in [0, 0.05) is 10.0 Å². The highest BCUT2D eigenvalue weighted by atomic mass is 79.9. The SMILES string of the molecule is Cc1cc(C)c(Br)c(C(C)(C)N)c1. The summed E-state index contributed by atoms with van der Waals surface area (Å²) in [5.74, 6) is 0. The summed E-state index contributed by atoms with van der Waals surface area (Å²) < 4.78 is 1.13. The number of hydrogen-bond donors (Lipinski definition) is 1. The van der Waals surface area contributed by atoms with Crippen LogP contribution >= 0.6 is 15.9 Å². The Morgan fingerprint density at radius 2 is 1.77 bits per heavy atom. The highest BCUT2D eigenvalue weighted by molar-refractivity contribution is 9.10. The van der Waals surface area contributed by atoms with E-state index in [1.54, 1.807) is 0 Å². The fourth-order valence-electron chi connectivity index (χ4n) is 1.42. The van der Waals surface area contributed by atoms with Crippen molar-refractivity contribution in [1.82, 2.24) is 0 Å². The molecule has 0 fully saturated rings. The van der Waals surface area contributed by atoms with Gasteiger partial charge in [0.25, 0.3) is 0 Å². The second-order valence-corrected chi connectivity index (χ2v) is 4.96. The minimum Gasteiger partial charge on any atom is -0.322 e. The first-order valence-electron chi connectivity index (χ1n) is 4.38. The van der Waals surface area contributed by atoms with Crippen molar-refractivity contribution in [3.8, 4) is 0 Å². The number of halogens is 1. The van der Waals surface area contributed by atoms with E-state index < -0.39 is 0 Å². The minimum absolute atomic E-state index is 0.282. The van der Waals surface area contributed by atoms with Gasteiger partial charge in [-0.25, -0.2) is 0 Å². The third kappa shape index (κ3) is 2.32. The van der Waals surface area contributed by atoms with Crippen molar-refractivity contribution in [3.05, 3.63) is 33.3 Å². The van der Waals surface area contributed by atoms with Crippen LogP contribution < -0.4 is 5.73 Å². The molecule has 0 saturated carbocycles. The molecule has 0 spiro atoms. The highest BCUT2D eigenvalue weighted by Crippen LogP contribution is 2.29. The van der Waals surface area contributed by atoms with E-state index in [1.807, 2.05) is 13.8 Å². The number of rotatable bonds is 1. The Balaban J connectivity index is 3.37. The van der Waals surface area contributed by atoms with Crippen LogP contribution in [0, 0.1) is 13.8 Å². The summed E-state index contributed by atoms with van der Waals surface area (Å²) in [7, 11) is 0. The van der Waals surface area contributed by atoms with Crippen LogP contribution in [0.5, 0.6) is 0 Å². The van der Waals surface area contributed by atoms with E-state index in [-0.39, 0.29) is 5.54 Å². The molecule has 0 amide bonds. The lowest BCUT2D eigenvalue weighted by molar-refractivity contribution is 0.550. The van der Waals surface area contributed by atoms with E-state index >= 15 is 0 Å². The molecule has 1 aromatic carbocycles. The topological polar surface area (TPSA) is 26.0 Å². The molecule has 1 nitrogen and oxygen atoms in total. The number of hydrogen-bond acceptors (Lipinski definition) is 1. The number of aryl methyl sites for hydroxylation is 2. The van der Waals surface area contributed by atoms with Crippen LogP contribution in [-0.2, 0) is 5.54 Å². The molecule has 0 aromatic heterocycles. The van der Waals surface area contributed by atoms with Crippen LogP contribution in [0.3, 0.4) is 0 Å². The number of nitrogens with two attached hydrogens (primary N) is 1. The summed E-state index contributed by atoms with van der Waals surface area (Å²) in [6.07, 6.45) is 0. The fourth-order valence-corrected chi connectivity index (χ4v) is 2.16. The molecular formula is C11H16BrN. The minimum atomic E-state index is -0.282. The Labute approximate surface area is 88.5 Å². The Bertz CT molecular complexity index is 324. The van der Waals surface area contributed by atoms with E-state index in [0.29, 0.717) is 0 Å². The summed E-state index contributed by atoms with van der Waals surface area (Å²) in [6, 6.07) is 4.29. The highest BCUT2D eigenvalue weighted by Gasteiger charge is 2.18. The predicted molar refractivity (Wildman–Crippen MR) is 60.8 cm³/mol. The van der Waals surface area contributed by atoms with Gasteiger partial charge < -0.3 is 5.73 Å². The lowest BCUT2D eigenvalue weighted by atomic mass is 9.92. The lowest BCUT2D eigenvalue weighted by Gasteiger charge is -2.22. The molecule has 0 aliphatic carbocycles. The third-order valence-corrected chi connectivity index (χ3v) is 3.15. The molecule has 0 aliphatic rings. The zero-order valence-electron chi connectivity index (χ0n) is 8.61. The number of benzene rings is 1. The van der Waals surface area contributed by atoms with Gasteiger partial charge in [-0.3, -0.25) is 0 Å². The molecule has 0 heterocycles. The van der Waals surface area contributed by atoms with E-state index in [1.165, 1.54) is 16.7 Å². The van der Waals surface area contributed by atoms with Crippen molar-refractivity contribution >= 4 is 15.9 Å². The molecule has 0 aliphatic heterocycles. The van der Waals surface area contributed by atoms with Crippen LogP contribution in [0.2, 0.25) is 0 Å². The van der Waals surface area contributed by atoms with Gasteiger partial charge >= 0.3 is 0 Å². The molecule has 2 N–H and O–H groups in total. The molecular weight excluding hydrogens is 226 g/mol. The van der Waals surface area contributed by atoms with Gasteiger partial charge in [-0.1, -0.05) is 33.6 Å². The summed E-state index contributed by atoms with van der Waals surface area (Å²) in [5.41, 5.74) is 9.46. The summed E-state index contributed by atoms with van der Waals surface area (Å²) in [4.78, 5) is 0. The predicted octanol–water partition coefficient (Wildman–Crippen LogP) is 3.26. The Morgan fingerprint density at radius 3 is 2.23 bits per heavy atom. The standard InChI is InChI=1S/C11H16BrN/c1-7-5-8(2)10(12)9(6-7)11(3,4)13/h5-6H,13H2,1-4H3. The quantitative estimate of drug-likeness (QED) is 0.803. The van der Waals surface area contributed by atoms with Gasteiger partial charge in [-0.05, 0) is 38.8 Å². The maximum absolute atomic E-state index is 6.07. The second kappa shape index (κ2) is 3.43. The Morgan fingerprint density at radius 1 is 1.23 bits per heavy atom. The smallest absolute Gasteiger partial charge is 0.0363 e. The van der Waals surface area contributed by atoms with Crippen molar-refractivity contribution in [2.75, 3.05) is 0 Å². The average Bonchev–Trinajstić information content (AvgIpc) is 1.94. The monoisotopic (exact) mass is 241 g/mol. The van der Waals surface area contributed by atoms with E-state index in [2.05, 4.69) is 41.9 Å². The average molecular weight is 242 g/mol. The molecule has 0 saturated heterocycles. The second-order valence-electron chi connectivity index (χ2n) is 4.17. The summed E-state index contributed by atoms with van der Waals surface area (Å²) in [6.45, 7) is 8.22. The molecule has 2 heteroatoms. The van der Waals surface area contributed by atoms with Crippen LogP contribution in [0.15, 0.2) is 16.6 Å². The van der Waals surface area contributed by atoms with Gasteiger partial charge in [0.1, 0.15) is 0 Å². The van der Waals surface area contributed by atoms with Gasteiger partial charge in [-0.15, -0.1) is 0 Å². The van der Waals surface area contributed by atoms with E-state index in [0.717, 1.165) is 4.47 Å². The largest absolute Gasteiger partial charge is 0.322 e. The molecule has 0 atom stereocenters. The van der Waals surface area contributed by atoms with Crippen molar-refractivity contribution in [2.45, 2.75) is 33.2 Å². The maximum Gasteiger partial charge on any atom is 0.0363 e. The van der Waals surface area contributed by atoms with Crippen LogP contribution in [-0.4, -0.2) is 0 Å². The van der Waals surface area contributed by atoms with E-state index in [9.17, 15) is 0 Å². The van der Waals surface area contributed by atoms with Gasteiger partial charge in [-0.2, -0.15) is 0 Å². The van der Waals surface area contributed by atoms with Crippen LogP contribution in [0.4, 0.5) is 0 Å². The fraction of sp³-hybridized carbons (Fsp3) is 0.455. The molecule has 0 unspecified atom stereocenters. The normalized spacial score (nSPS) is 11.8.